The first-order valence-corrected chi connectivity index (χ1v) is 10.6. The van der Waals surface area contributed by atoms with Crippen molar-refractivity contribution in [2.45, 2.75) is 19.8 Å². The summed E-state index contributed by atoms with van der Waals surface area (Å²) in [5.41, 5.74) is 4.27. The smallest absolute Gasteiger partial charge is 0.319 e. The van der Waals surface area contributed by atoms with Gasteiger partial charge in [0, 0.05) is 48.6 Å². The number of anilines is 3. The Balaban J connectivity index is 1.38. The van der Waals surface area contributed by atoms with Gasteiger partial charge in [-0.25, -0.2) is 14.8 Å². The maximum absolute atomic E-state index is 12.3. The fourth-order valence-electron chi connectivity index (χ4n) is 3.56. The summed E-state index contributed by atoms with van der Waals surface area (Å²) in [4.78, 5) is 27.7. The molecule has 3 aromatic rings. The summed E-state index contributed by atoms with van der Waals surface area (Å²) in [6.45, 7) is 5.77. The summed E-state index contributed by atoms with van der Waals surface area (Å²) in [5.74, 6) is 0.483. The van der Waals surface area contributed by atoms with Crippen LogP contribution in [0.15, 0.2) is 55.0 Å². The number of nitrogens with zero attached hydrogens (tertiary/aromatic N) is 4. The molecule has 3 N–H and O–H groups in total. The zero-order valence-electron chi connectivity index (χ0n) is 17.6. The second-order valence-corrected chi connectivity index (χ2v) is 7.59. The fourth-order valence-corrected chi connectivity index (χ4v) is 3.56. The van der Waals surface area contributed by atoms with Crippen LogP contribution in [0.25, 0.3) is 11.3 Å². The van der Waals surface area contributed by atoms with E-state index in [4.69, 9.17) is 0 Å². The molecule has 0 radical (unpaired) electrons. The molecule has 0 bridgehead atoms. The summed E-state index contributed by atoms with van der Waals surface area (Å²) < 4.78 is 0. The Labute approximate surface area is 182 Å². The van der Waals surface area contributed by atoms with Crippen LogP contribution in [0, 0.1) is 6.92 Å². The number of likely N-dealkylation sites (tertiary alicyclic amines) is 1. The number of hydrogen-bond acceptors (Lipinski definition) is 6. The van der Waals surface area contributed by atoms with Crippen molar-refractivity contribution in [2.24, 2.45) is 0 Å². The van der Waals surface area contributed by atoms with E-state index in [-0.39, 0.29) is 6.03 Å². The zero-order valence-corrected chi connectivity index (χ0v) is 17.6. The normalized spacial score (nSPS) is 13.7. The highest BCUT2D eigenvalue weighted by molar-refractivity contribution is 5.90. The summed E-state index contributed by atoms with van der Waals surface area (Å²) in [6.07, 6.45) is 7.71. The van der Waals surface area contributed by atoms with Crippen molar-refractivity contribution in [3.8, 4) is 11.3 Å². The van der Waals surface area contributed by atoms with Gasteiger partial charge in [0.25, 0.3) is 0 Å². The van der Waals surface area contributed by atoms with Crippen molar-refractivity contribution in [1.29, 1.82) is 0 Å². The molecular formula is C23H27N7O. The first-order valence-electron chi connectivity index (χ1n) is 10.6. The van der Waals surface area contributed by atoms with Crippen molar-refractivity contribution < 1.29 is 4.79 Å². The third kappa shape index (κ3) is 5.76. The first-order chi connectivity index (χ1) is 15.2. The van der Waals surface area contributed by atoms with Gasteiger partial charge in [0.2, 0.25) is 5.95 Å². The average Bonchev–Trinajstić information content (AvgIpc) is 3.30. The molecule has 0 saturated carbocycles. The van der Waals surface area contributed by atoms with Gasteiger partial charge in [-0.1, -0.05) is 6.07 Å². The number of hydrogen-bond donors (Lipinski definition) is 3. The van der Waals surface area contributed by atoms with E-state index in [2.05, 4.69) is 35.8 Å². The monoisotopic (exact) mass is 417 g/mol. The molecule has 2 aromatic heterocycles. The molecule has 0 spiro atoms. The van der Waals surface area contributed by atoms with Gasteiger partial charge in [-0.05, 0) is 68.8 Å². The quantitative estimate of drug-likeness (QED) is 0.541. The lowest BCUT2D eigenvalue weighted by atomic mass is 10.2. The summed E-state index contributed by atoms with van der Waals surface area (Å²) in [7, 11) is 0. The molecule has 0 atom stereocenters. The Morgan fingerprint density at radius 1 is 1.13 bits per heavy atom. The van der Waals surface area contributed by atoms with Crippen LogP contribution in [-0.4, -0.2) is 52.1 Å². The molecule has 3 heterocycles. The minimum atomic E-state index is -0.205. The Hall–Kier alpha value is -3.52. The fraction of sp³-hybridized carbons (Fsp3) is 0.304. The third-order valence-corrected chi connectivity index (χ3v) is 5.27. The van der Waals surface area contributed by atoms with Crippen LogP contribution >= 0.6 is 0 Å². The van der Waals surface area contributed by atoms with Gasteiger partial charge in [0.05, 0.1) is 5.69 Å². The van der Waals surface area contributed by atoms with Crippen molar-refractivity contribution >= 4 is 23.4 Å². The standard InChI is InChI=1S/C23H27N7O/c1-17-6-7-19(27-23(31)26-11-14-30-12-2-3-13-30)15-21(17)29-22-25-10-8-20(28-22)18-5-4-9-24-16-18/h4-10,15-16H,2-3,11-14H2,1H3,(H,25,28,29)(H2,26,27,31). The second kappa shape index (κ2) is 9.99. The van der Waals surface area contributed by atoms with Crippen LogP contribution in [0.4, 0.5) is 22.1 Å². The van der Waals surface area contributed by atoms with Gasteiger partial charge in [-0.15, -0.1) is 0 Å². The minimum Gasteiger partial charge on any atom is -0.337 e. The molecule has 8 nitrogen and oxygen atoms in total. The number of carbonyl (C=O) groups is 1. The van der Waals surface area contributed by atoms with Crippen LogP contribution in [0.2, 0.25) is 0 Å². The molecule has 1 aromatic carbocycles. The highest BCUT2D eigenvalue weighted by atomic mass is 16.2. The predicted octanol–water partition coefficient (Wildman–Crippen LogP) is 3.81. The van der Waals surface area contributed by atoms with Crippen molar-refractivity contribution in [2.75, 3.05) is 36.8 Å². The maximum atomic E-state index is 12.3. The number of pyridine rings is 1. The summed E-state index contributed by atoms with van der Waals surface area (Å²) in [6, 6.07) is 11.2. The Kier molecular flexibility index (Phi) is 6.68. The number of rotatable bonds is 7. The van der Waals surface area contributed by atoms with Crippen LogP contribution in [-0.2, 0) is 0 Å². The number of nitrogens with one attached hydrogen (secondary N) is 3. The third-order valence-electron chi connectivity index (χ3n) is 5.27. The van der Waals surface area contributed by atoms with E-state index in [9.17, 15) is 4.79 Å². The lowest BCUT2D eigenvalue weighted by Crippen LogP contribution is -2.35. The molecule has 0 aliphatic carbocycles. The van der Waals surface area contributed by atoms with Crippen LogP contribution in [0.1, 0.15) is 18.4 Å². The number of carbonyl (C=O) groups excluding carboxylic acids is 1. The second-order valence-electron chi connectivity index (χ2n) is 7.59. The minimum absolute atomic E-state index is 0.205. The van der Waals surface area contributed by atoms with E-state index in [1.165, 1.54) is 12.8 Å². The predicted molar refractivity (Wildman–Crippen MR) is 122 cm³/mol. The molecule has 2 amide bonds. The number of urea groups is 1. The Morgan fingerprint density at radius 3 is 2.81 bits per heavy atom. The van der Waals surface area contributed by atoms with E-state index >= 15 is 0 Å². The summed E-state index contributed by atoms with van der Waals surface area (Å²) in [5, 5.41) is 9.08. The van der Waals surface area contributed by atoms with E-state index in [1.54, 1.807) is 18.6 Å². The van der Waals surface area contributed by atoms with Gasteiger partial charge in [0.15, 0.2) is 0 Å². The molecule has 4 rings (SSSR count). The van der Waals surface area contributed by atoms with Gasteiger partial charge in [-0.3, -0.25) is 4.98 Å². The SMILES string of the molecule is Cc1ccc(NC(=O)NCCN2CCCC2)cc1Nc1nccc(-c2cccnc2)n1. The molecular weight excluding hydrogens is 390 g/mol. The average molecular weight is 418 g/mol. The number of amides is 2. The molecule has 1 fully saturated rings. The van der Waals surface area contributed by atoms with Gasteiger partial charge in [-0.2, -0.15) is 0 Å². The van der Waals surface area contributed by atoms with Crippen molar-refractivity contribution in [3.05, 3.63) is 60.6 Å². The molecule has 1 aliphatic rings. The van der Waals surface area contributed by atoms with Crippen molar-refractivity contribution in [3.63, 3.8) is 0 Å². The molecule has 0 unspecified atom stereocenters. The highest BCUT2D eigenvalue weighted by Gasteiger charge is 2.11. The highest BCUT2D eigenvalue weighted by Crippen LogP contribution is 2.24. The van der Waals surface area contributed by atoms with Gasteiger partial charge in [0.1, 0.15) is 0 Å². The first kappa shape index (κ1) is 20.7. The van der Waals surface area contributed by atoms with E-state index in [1.807, 2.05) is 43.3 Å². The largest absolute Gasteiger partial charge is 0.337 e. The summed E-state index contributed by atoms with van der Waals surface area (Å²) >= 11 is 0. The van der Waals surface area contributed by atoms with E-state index < -0.39 is 0 Å². The topological polar surface area (TPSA) is 95.1 Å². The number of benzene rings is 1. The number of aryl methyl sites for hydroxylation is 1. The van der Waals surface area contributed by atoms with Crippen LogP contribution < -0.4 is 16.0 Å². The molecule has 1 saturated heterocycles. The van der Waals surface area contributed by atoms with Gasteiger partial charge < -0.3 is 20.9 Å². The molecule has 1 aliphatic heterocycles. The van der Waals surface area contributed by atoms with Crippen LogP contribution in [0.5, 0.6) is 0 Å². The lowest BCUT2D eigenvalue weighted by molar-refractivity contribution is 0.249. The number of aromatic nitrogens is 3. The molecule has 8 heteroatoms. The molecule has 31 heavy (non-hydrogen) atoms. The maximum Gasteiger partial charge on any atom is 0.319 e. The lowest BCUT2D eigenvalue weighted by Gasteiger charge is -2.15. The Bertz CT molecular complexity index is 1020. The van der Waals surface area contributed by atoms with Crippen molar-refractivity contribution in [1.82, 2.24) is 25.2 Å². The zero-order chi connectivity index (χ0) is 21.5. The van der Waals surface area contributed by atoms with E-state index in [0.29, 0.717) is 18.2 Å². The van der Waals surface area contributed by atoms with Crippen LogP contribution in [0.3, 0.4) is 0 Å². The molecule has 160 valence electrons. The Morgan fingerprint density at radius 2 is 2.00 bits per heavy atom. The van der Waals surface area contributed by atoms with Gasteiger partial charge >= 0.3 is 6.03 Å². The van der Waals surface area contributed by atoms with E-state index in [0.717, 1.165) is 42.1 Å².